The molecule has 11 nitrogen and oxygen atoms in total. The molecule has 0 saturated heterocycles. The summed E-state index contributed by atoms with van der Waals surface area (Å²) < 4.78 is 33.8. The van der Waals surface area contributed by atoms with E-state index < -0.39 is 37.3 Å². The van der Waals surface area contributed by atoms with Crippen molar-refractivity contribution in [2.24, 2.45) is 11.7 Å². The van der Waals surface area contributed by atoms with Crippen molar-refractivity contribution in [3.8, 4) is 17.2 Å². The Bertz CT molecular complexity index is 806. The predicted molar refractivity (Wildman–Crippen MR) is 117 cm³/mol. The predicted octanol–water partition coefficient (Wildman–Crippen LogP) is 2.21. The van der Waals surface area contributed by atoms with Gasteiger partial charge in [0, 0.05) is 5.56 Å². The summed E-state index contributed by atoms with van der Waals surface area (Å²) in [6, 6.07) is 2.79. The fourth-order valence-electron chi connectivity index (χ4n) is 3.00. The van der Waals surface area contributed by atoms with Gasteiger partial charge in [0.15, 0.2) is 17.6 Å². The number of amides is 1. The van der Waals surface area contributed by atoms with Gasteiger partial charge in [-0.15, -0.1) is 0 Å². The molecule has 1 aromatic carbocycles. The second kappa shape index (κ2) is 12.6. The molecule has 0 aliphatic heterocycles. The van der Waals surface area contributed by atoms with E-state index in [0.29, 0.717) is 19.4 Å². The average Bonchev–Trinajstić information content (AvgIpc) is 2.74. The van der Waals surface area contributed by atoms with Crippen LogP contribution in [0, 0.1) is 5.92 Å². The number of nitrogens with one attached hydrogen (secondary N) is 1. The van der Waals surface area contributed by atoms with E-state index in [1.807, 2.05) is 0 Å². The lowest BCUT2D eigenvalue weighted by Crippen LogP contribution is -2.40. The lowest BCUT2D eigenvalue weighted by atomic mass is 10.1. The molecule has 1 amide bonds. The van der Waals surface area contributed by atoms with Gasteiger partial charge in [0.05, 0.1) is 21.3 Å². The van der Waals surface area contributed by atoms with Gasteiger partial charge >= 0.3 is 13.6 Å². The van der Waals surface area contributed by atoms with Crippen molar-refractivity contribution in [1.29, 1.82) is 0 Å². The first-order chi connectivity index (χ1) is 15.0. The van der Waals surface area contributed by atoms with Crippen molar-refractivity contribution in [3.05, 3.63) is 17.7 Å². The smallest absolute Gasteiger partial charge is 0.351 e. The second-order valence-corrected chi connectivity index (χ2v) is 9.25. The number of carboxylic acids is 1. The second-order valence-electron chi connectivity index (χ2n) is 7.36. The Morgan fingerprint density at radius 1 is 1.09 bits per heavy atom. The molecule has 0 spiro atoms. The Morgan fingerprint density at radius 2 is 1.66 bits per heavy atom. The summed E-state index contributed by atoms with van der Waals surface area (Å²) in [4.78, 5) is 34.9. The van der Waals surface area contributed by atoms with E-state index in [9.17, 15) is 24.2 Å². The van der Waals surface area contributed by atoms with E-state index in [1.165, 1.54) is 33.5 Å². The molecule has 32 heavy (non-hydrogen) atoms. The van der Waals surface area contributed by atoms with Gasteiger partial charge in [-0.2, -0.15) is 0 Å². The number of unbranched alkanes of at least 4 members (excludes halogenated alkanes) is 1. The van der Waals surface area contributed by atoms with Gasteiger partial charge in [-0.25, -0.2) is 4.79 Å². The molecule has 0 aliphatic carbocycles. The first kappa shape index (κ1) is 27.7. The minimum Gasteiger partial charge on any atom is -0.493 e. The van der Waals surface area contributed by atoms with Crippen LogP contribution >= 0.6 is 7.60 Å². The fraction of sp³-hybridized carbons (Fsp3) is 0.600. The van der Waals surface area contributed by atoms with Gasteiger partial charge in [0.1, 0.15) is 5.78 Å². The lowest BCUT2D eigenvalue weighted by molar-refractivity contribution is -0.145. The number of carbonyl (C=O) groups excluding carboxylic acids is 1. The molecule has 0 aromatic heterocycles. The molecule has 1 rings (SSSR count). The number of benzene rings is 1. The third-order valence-electron chi connectivity index (χ3n) is 4.66. The monoisotopic (exact) mass is 476 g/mol. The molecule has 0 heterocycles. The van der Waals surface area contributed by atoms with Gasteiger partial charge in [-0.3, -0.25) is 13.9 Å². The van der Waals surface area contributed by atoms with Crippen LogP contribution in [0.15, 0.2) is 12.1 Å². The highest BCUT2D eigenvalue weighted by Gasteiger charge is 2.40. The molecular formula is C20H33N2O9P. The number of hydrogen-bond acceptors (Lipinski definition) is 8. The summed E-state index contributed by atoms with van der Waals surface area (Å²) in [5, 5.41) is 11.8. The van der Waals surface area contributed by atoms with Crippen LogP contribution in [-0.4, -0.2) is 61.6 Å². The van der Waals surface area contributed by atoms with Crippen molar-refractivity contribution in [1.82, 2.24) is 5.32 Å². The Balaban J connectivity index is 3.15. The molecule has 0 fully saturated rings. The lowest BCUT2D eigenvalue weighted by Gasteiger charge is -2.28. The summed E-state index contributed by atoms with van der Waals surface area (Å²) in [6.45, 7) is 3.58. The summed E-state index contributed by atoms with van der Waals surface area (Å²) >= 11 is 0. The van der Waals surface area contributed by atoms with Crippen molar-refractivity contribution in [3.63, 3.8) is 0 Å². The number of carbonyl (C=O) groups is 2. The topological polar surface area (TPSA) is 167 Å². The molecule has 3 atom stereocenters. The third-order valence-corrected chi connectivity index (χ3v) is 6.65. The van der Waals surface area contributed by atoms with Crippen LogP contribution in [-0.2, 0) is 13.9 Å². The first-order valence-corrected chi connectivity index (χ1v) is 11.7. The molecule has 3 unspecified atom stereocenters. The van der Waals surface area contributed by atoms with Gasteiger partial charge in [0.2, 0.25) is 5.75 Å². The van der Waals surface area contributed by atoms with Crippen molar-refractivity contribution in [2.75, 3.05) is 27.9 Å². The maximum atomic E-state index is 13.0. The minimum absolute atomic E-state index is 0.0166. The molecule has 0 aliphatic rings. The highest BCUT2D eigenvalue weighted by Crippen LogP contribution is 2.51. The van der Waals surface area contributed by atoms with Gasteiger partial charge in [-0.1, -0.05) is 13.8 Å². The van der Waals surface area contributed by atoms with Crippen LogP contribution < -0.4 is 25.3 Å². The highest BCUT2D eigenvalue weighted by atomic mass is 31.2. The summed E-state index contributed by atoms with van der Waals surface area (Å²) in [6.07, 6.45) is -0.522. The van der Waals surface area contributed by atoms with E-state index in [4.69, 9.17) is 24.5 Å². The van der Waals surface area contributed by atoms with Crippen molar-refractivity contribution < 1.29 is 42.9 Å². The van der Waals surface area contributed by atoms with Crippen LogP contribution in [0.1, 0.15) is 43.5 Å². The number of carboxylic acid groups (broad SMARTS) is 1. The Labute approximate surface area is 187 Å². The van der Waals surface area contributed by atoms with E-state index in [1.54, 1.807) is 13.8 Å². The first-order valence-electron chi connectivity index (χ1n) is 10.1. The zero-order chi connectivity index (χ0) is 24.5. The van der Waals surface area contributed by atoms with Crippen molar-refractivity contribution >= 4 is 19.5 Å². The molecule has 0 saturated carbocycles. The van der Waals surface area contributed by atoms with Gasteiger partial charge < -0.3 is 35.3 Å². The Kier molecular flexibility index (Phi) is 10.9. The zero-order valence-corrected chi connectivity index (χ0v) is 19.9. The molecule has 0 bridgehead atoms. The van der Waals surface area contributed by atoms with E-state index >= 15 is 0 Å². The molecular weight excluding hydrogens is 443 g/mol. The Morgan fingerprint density at radius 3 is 2.06 bits per heavy atom. The third kappa shape index (κ3) is 7.37. The maximum absolute atomic E-state index is 13.0. The van der Waals surface area contributed by atoms with Crippen LogP contribution in [0.3, 0.4) is 0 Å². The number of hydrogen-bond donors (Lipinski definition) is 4. The summed E-state index contributed by atoms with van der Waals surface area (Å²) in [7, 11) is -0.376. The van der Waals surface area contributed by atoms with Gasteiger partial charge in [0.25, 0.3) is 5.91 Å². The standard InChI is InChI=1S/C20H33N2O9P/c1-12(2)19(32(26,27)31-14(20(24)25)8-6-7-9-21)22-18(23)13-10-15(28-3)17(30-5)16(11-13)29-4/h10-12,14,19H,6-9,21H2,1-5H3,(H,22,23)(H,24,25)(H,26,27). The molecule has 0 radical (unpaired) electrons. The van der Waals surface area contributed by atoms with Crippen molar-refractivity contribution in [2.45, 2.75) is 45.0 Å². The van der Waals surface area contributed by atoms with E-state index in [-0.39, 0.29) is 29.2 Å². The zero-order valence-electron chi connectivity index (χ0n) is 19.0. The fourth-order valence-corrected chi connectivity index (χ4v) is 4.72. The van der Waals surface area contributed by atoms with Crippen LogP contribution in [0.2, 0.25) is 0 Å². The average molecular weight is 476 g/mol. The van der Waals surface area contributed by atoms with E-state index in [2.05, 4.69) is 5.32 Å². The minimum atomic E-state index is -4.58. The van der Waals surface area contributed by atoms with Crippen LogP contribution in [0.5, 0.6) is 17.2 Å². The number of aliphatic carboxylic acids is 1. The quantitative estimate of drug-likeness (QED) is 0.231. The molecule has 5 N–H and O–H groups in total. The number of rotatable bonds is 14. The molecule has 12 heteroatoms. The normalized spacial score (nSPS) is 14.9. The van der Waals surface area contributed by atoms with Crippen LogP contribution in [0.4, 0.5) is 0 Å². The highest BCUT2D eigenvalue weighted by molar-refractivity contribution is 7.53. The number of ether oxygens (including phenoxy) is 3. The SMILES string of the molecule is COc1cc(C(=O)NC(C(C)C)P(=O)(O)OC(CCCCN)C(=O)O)cc(OC)c1OC. The largest absolute Gasteiger partial charge is 0.493 e. The number of nitrogens with two attached hydrogens (primary N) is 1. The van der Waals surface area contributed by atoms with Gasteiger partial charge in [-0.05, 0) is 43.9 Å². The Hall–Kier alpha value is -2.33. The van der Waals surface area contributed by atoms with Crippen LogP contribution in [0.25, 0.3) is 0 Å². The van der Waals surface area contributed by atoms with E-state index in [0.717, 1.165) is 0 Å². The summed E-state index contributed by atoms with van der Waals surface area (Å²) in [5.41, 5.74) is 5.50. The summed E-state index contributed by atoms with van der Waals surface area (Å²) in [5.74, 6) is -3.23. The number of methoxy groups -OCH3 is 3. The molecule has 1 aromatic rings. The maximum Gasteiger partial charge on any atom is 0.351 e. The molecule has 182 valence electrons.